The van der Waals surface area contributed by atoms with Crippen LogP contribution in [0.5, 0.6) is 0 Å². The van der Waals surface area contributed by atoms with Crippen molar-refractivity contribution in [3.05, 3.63) is 0 Å². The van der Waals surface area contributed by atoms with Crippen molar-refractivity contribution in [2.45, 2.75) is 13.3 Å². The van der Waals surface area contributed by atoms with E-state index in [0.717, 1.165) is 38.7 Å². The number of carbonyl (C=O) groups is 1. The Balaban J connectivity index is 2.41. The predicted octanol–water partition coefficient (Wildman–Crippen LogP) is -0.317. The van der Waals surface area contributed by atoms with E-state index in [9.17, 15) is 4.79 Å². The maximum atomic E-state index is 11.7. The van der Waals surface area contributed by atoms with E-state index in [4.69, 9.17) is 9.47 Å². The molecular formula is C14H28N4O3. The van der Waals surface area contributed by atoms with Gasteiger partial charge in [0.1, 0.15) is 6.54 Å². The summed E-state index contributed by atoms with van der Waals surface area (Å²) in [4.78, 5) is 18.1. The van der Waals surface area contributed by atoms with Gasteiger partial charge in [0.05, 0.1) is 13.2 Å². The maximum Gasteiger partial charge on any atom is 0.241 e. The van der Waals surface area contributed by atoms with Crippen LogP contribution in [0.3, 0.4) is 0 Å². The minimum Gasteiger partial charge on any atom is -0.383 e. The first-order valence-corrected chi connectivity index (χ1v) is 7.50. The normalized spacial score (nSPS) is 18.6. The van der Waals surface area contributed by atoms with Crippen LogP contribution < -0.4 is 10.6 Å². The SMILES string of the molecule is CCNC(=NCC(=O)NCCOC)N(C)CC1CCOC1. The minimum absolute atomic E-state index is 0.0972. The zero-order chi connectivity index (χ0) is 15.5. The lowest BCUT2D eigenvalue weighted by atomic mass is 10.1. The fraction of sp³-hybridized carbons (Fsp3) is 0.857. The Hall–Kier alpha value is -1.34. The highest BCUT2D eigenvalue weighted by Gasteiger charge is 2.19. The number of nitrogens with one attached hydrogen (secondary N) is 2. The summed E-state index contributed by atoms with van der Waals surface area (Å²) in [5.41, 5.74) is 0. The number of hydrogen-bond acceptors (Lipinski definition) is 4. The van der Waals surface area contributed by atoms with Crippen LogP contribution in [0.2, 0.25) is 0 Å². The molecule has 1 aliphatic heterocycles. The third kappa shape index (κ3) is 7.29. The minimum atomic E-state index is -0.0972. The molecule has 0 aromatic heterocycles. The number of aliphatic imine (C=N–C) groups is 1. The van der Waals surface area contributed by atoms with Crippen molar-refractivity contribution in [2.75, 3.05) is 60.2 Å². The first-order chi connectivity index (χ1) is 10.2. The highest BCUT2D eigenvalue weighted by molar-refractivity contribution is 5.84. The van der Waals surface area contributed by atoms with Gasteiger partial charge in [-0.2, -0.15) is 0 Å². The molecule has 1 saturated heterocycles. The molecule has 0 bridgehead atoms. The Kier molecular flexibility index (Phi) is 8.77. The molecule has 0 aromatic rings. The van der Waals surface area contributed by atoms with Crippen molar-refractivity contribution in [3.63, 3.8) is 0 Å². The van der Waals surface area contributed by atoms with Crippen LogP contribution in [0, 0.1) is 5.92 Å². The molecule has 1 heterocycles. The molecule has 1 fully saturated rings. The second-order valence-corrected chi connectivity index (χ2v) is 5.12. The van der Waals surface area contributed by atoms with Gasteiger partial charge in [-0.15, -0.1) is 0 Å². The van der Waals surface area contributed by atoms with Gasteiger partial charge in [-0.3, -0.25) is 4.79 Å². The second kappa shape index (κ2) is 10.4. The van der Waals surface area contributed by atoms with Gasteiger partial charge in [0.2, 0.25) is 5.91 Å². The topological polar surface area (TPSA) is 75.2 Å². The summed E-state index contributed by atoms with van der Waals surface area (Å²) in [6.07, 6.45) is 1.08. The van der Waals surface area contributed by atoms with Gasteiger partial charge in [-0.1, -0.05) is 0 Å². The van der Waals surface area contributed by atoms with Crippen LogP contribution in [0.15, 0.2) is 4.99 Å². The van der Waals surface area contributed by atoms with Crippen molar-refractivity contribution >= 4 is 11.9 Å². The number of guanidine groups is 1. The second-order valence-electron chi connectivity index (χ2n) is 5.12. The van der Waals surface area contributed by atoms with Crippen molar-refractivity contribution < 1.29 is 14.3 Å². The first-order valence-electron chi connectivity index (χ1n) is 7.50. The van der Waals surface area contributed by atoms with Gasteiger partial charge in [-0.05, 0) is 13.3 Å². The summed E-state index contributed by atoms with van der Waals surface area (Å²) >= 11 is 0. The van der Waals surface area contributed by atoms with Gasteiger partial charge < -0.3 is 25.0 Å². The van der Waals surface area contributed by atoms with E-state index in [0.29, 0.717) is 19.1 Å². The van der Waals surface area contributed by atoms with Crippen LogP contribution in [0.4, 0.5) is 0 Å². The van der Waals surface area contributed by atoms with Gasteiger partial charge in [-0.25, -0.2) is 4.99 Å². The van der Waals surface area contributed by atoms with Crippen LogP contribution >= 0.6 is 0 Å². The molecule has 1 atom stereocenters. The van der Waals surface area contributed by atoms with Crippen molar-refractivity contribution in [3.8, 4) is 0 Å². The average molecular weight is 300 g/mol. The lowest BCUT2D eigenvalue weighted by Gasteiger charge is -2.24. The highest BCUT2D eigenvalue weighted by atomic mass is 16.5. The standard InChI is InChI=1S/C14H28N4O3/c1-4-15-14(17-9-13(19)16-6-8-20-3)18(2)10-12-5-7-21-11-12/h12H,4-11H2,1-3H3,(H,15,17)(H,16,19). The average Bonchev–Trinajstić information content (AvgIpc) is 2.96. The lowest BCUT2D eigenvalue weighted by molar-refractivity contribution is -0.119. The molecule has 2 N–H and O–H groups in total. The molecule has 1 unspecified atom stereocenters. The molecule has 7 heteroatoms. The third-order valence-electron chi connectivity index (χ3n) is 3.25. The van der Waals surface area contributed by atoms with E-state index in [2.05, 4.69) is 20.5 Å². The highest BCUT2D eigenvalue weighted by Crippen LogP contribution is 2.13. The van der Waals surface area contributed by atoms with E-state index in [1.54, 1.807) is 7.11 Å². The van der Waals surface area contributed by atoms with E-state index >= 15 is 0 Å². The molecular weight excluding hydrogens is 272 g/mol. The molecule has 1 amide bonds. The van der Waals surface area contributed by atoms with Gasteiger partial charge in [0.25, 0.3) is 0 Å². The summed E-state index contributed by atoms with van der Waals surface area (Å²) in [7, 11) is 3.60. The summed E-state index contributed by atoms with van der Waals surface area (Å²) in [5.74, 6) is 1.20. The predicted molar refractivity (Wildman–Crippen MR) is 82.4 cm³/mol. The van der Waals surface area contributed by atoms with Crippen molar-refractivity contribution in [1.29, 1.82) is 0 Å². The zero-order valence-corrected chi connectivity index (χ0v) is 13.4. The Bertz CT molecular complexity index is 330. The molecule has 0 aliphatic carbocycles. The number of methoxy groups -OCH3 is 1. The fourth-order valence-corrected chi connectivity index (χ4v) is 2.17. The summed E-state index contributed by atoms with van der Waals surface area (Å²) in [6.45, 7) is 6.47. The van der Waals surface area contributed by atoms with E-state index in [1.165, 1.54) is 0 Å². The largest absolute Gasteiger partial charge is 0.383 e. The monoisotopic (exact) mass is 300 g/mol. The van der Waals surface area contributed by atoms with Crippen molar-refractivity contribution in [1.82, 2.24) is 15.5 Å². The molecule has 21 heavy (non-hydrogen) atoms. The molecule has 7 nitrogen and oxygen atoms in total. The first kappa shape index (κ1) is 17.7. The van der Waals surface area contributed by atoms with Crippen LogP contribution in [-0.4, -0.2) is 76.9 Å². The molecule has 0 spiro atoms. The molecule has 1 rings (SSSR count). The number of hydrogen-bond donors (Lipinski definition) is 2. The van der Waals surface area contributed by atoms with Gasteiger partial charge >= 0.3 is 0 Å². The quantitative estimate of drug-likeness (QED) is 0.365. The molecule has 0 saturated carbocycles. The number of rotatable bonds is 8. The maximum absolute atomic E-state index is 11.7. The van der Waals surface area contributed by atoms with Crippen LogP contribution in [0.1, 0.15) is 13.3 Å². The smallest absolute Gasteiger partial charge is 0.241 e. The summed E-state index contributed by atoms with van der Waals surface area (Å²) in [6, 6.07) is 0. The summed E-state index contributed by atoms with van der Waals surface area (Å²) in [5, 5.41) is 5.97. The molecule has 122 valence electrons. The number of nitrogens with zero attached hydrogens (tertiary/aromatic N) is 2. The van der Waals surface area contributed by atoms with Gasteiger partial charge in [0, 0.05) is 46.3 Å². The molecule has 1 aliphatic rings. The number of ether oxygens (including phenoxy) is 2. The number of amides is 1. The molecule has 0 radical (unpaired) electrons. The number of carbonyl (C=O) groups excluding carboxylic acids is 1. The van der Waals surface area contributed by atoms with Gasteiger partial charge in [0.15, 0.2) is 5.96 Å². The van der Waals surface area contributed by atoms with E-state index < -0.39 is 0 Å². The zero-order valence-electron chi connectivity index (χ0n) is 13.4. The Morgan fingerprint density at radius 2 is 2.29 bits per heavy atom. The van der Waals surface area contributed by atoms with E-state index in [1.807, 2.05) is 14.0 Å². The van der Waals surface area contributed by atoms with Crippen LogP contribution in [-0.2, 0) is 14.3 Å². The Morgan fingerprint density at radius 1 is 1.48 bits per heavy atom. The Morgan fingerprint density at radius 3 is 2.90 bits per heavy atom. The van der Waals surface area contributed by atoms with E-state index in [-0.39, 0.29) is 12.5 Å². The Labute approximate surface area is 127 Å². The fourth-order valence-electron chi connectivity index (χ4n) is 2.17. The lowest BCUT2D eigenvalue weighted by Crippen LogP contribution is -2.42. The van der Waals surface area contributed by atoms with Crippen molar-refractivity contribution in [2.24, 2.45) is 10.9 Å². The molecule has 0 aromatic carbocycles. The third-order valence-corrected chi connectivity index (χ3v) is 3.25. The summed E-state index contributed by atoms with van der Waals surface area (Å²) < 4.78 is 10.3. The van der Waals surface area contributed by atoms with Crippen LogP contribution in [0.25, 0.3) is 0 Å².